The van der Waals surface area contributed by atoms with E-state index in [4.69, 9.17) is 0 Å². The molecule has 1 rings (SSSR count). The Morgan fingerprint density at radius 1 is 1.46 bits per heavy atom. The lowest BCUT2D eigenvalue weighted by atomic mass is 10.1. The van der Waals surface area contributed by atoms with Crippen molar-refractivity contribution in [1.82, 2.24) is 0 Å². The average Bonchev–Trinajstić information content (AvgIpc) is 2.09. The third-order valence-electron chi connectivity index (χ3n) is 1.77. The number of hydrogen-bond acceptors (Lipinski definition) is 0. The molecule has 70 valence electrons. The summed E-state index contributed by atoms with van der Waals surface area (Å²) in [5.41, 5.74) is 3.84. The summed E-state index contributed by atoms with van der Waals surface area (Å²) in [6, 6.07) is 6.39. The van der Waals surface area contributed by atoms with Crippen molar-refractivity contribution in [3.05, 3.63) is 39.4 Å². The first kappa shape index (κ1) is 11.0. The van der Waals surface area contributed by atoms with Gasteiger partial charge >= 0.3 is 0 Å². The molecular formula is C11H12Br2. The highest BCUT2D eigenvalue weighted by atomic mass is 79.9. The quantitative estimate of drug-likeness (QED) is 0.703. The molecular weight excluding hydrogens is 292 g/mol. The standard InChI is InChI=1S/C11H12Br2/c1-8-3-4-10(11(13)6-8)5-9(2)7-12/h3-6H,7H2,1-2H3/b9-5-. The van der Waals surface area contributed by atoms with Crippen LogP contribution in [0.15, 0.2) is 28.2 Å². The van der Waals surface area contributed by atoms with Gasteiger partial charge in [-0.3, -0.25) is 0 Å². The van der Waals surface area contributed by atoms with Gasteiger partial charge in [0, 0.05) is 9.80 Å². The van der Waals surface area contributed by atoms with Gasteiger partial charge in [-0.2, -0.15) is 0 Å². The van der Waals surface area contributed by atoms with Crippen LogP contribution >= 0.6 is 31.9 Å². The van der Waals surface area contributed by atoms with E-state index in [1.54, 1.807) is 0 Å². The van der Waals surface area contributed by atoms with E-state index in [0.29, 0.717) is 0 Å². The minimum Gasteiger partial charge on any atom is -0.0880 e. The maximum atomic E-state index is 3.54. The van der Waals surface area contributed by atoms with Gasteiger partial charge in [0.25, 0.3) is 0 Å². The van der Waals surface area contributed by atoms with Gasteiger partial charge in [-0.05, 0) is 31.0 Å². The fourth-order valence-electron chi connectivity index (χ4n) is 1.05. The fourth-order valence-corrected chi connectivity index (χ4v) is 1.82. The topological polar surface area (TPSA) is 0 Å². The van der Waals surface area contributed by atoms with Gasteiger partial charge in [0.1, 0.15) is 0 Å². The van der Waals surface area contributed by atoms with Gasteiger partial charge in [0.15, 0.2) is 0 Å². The van der Waals surface area contributed by atoms with Crippen LogP contribution in [0, 0.1) is 6.92 Å². The molecule has 0 atom stereocenters. The third-order valence-corrected chi connectivity index (χ3v) is 3.34. The van der Waals surface area contributed by atoms with Crippen LogP contribution in [-0.4, -0.2) is 5.33 Å². The molecule has 0 saturated heterocycles. The Labute approximate surface area is 96.3 Å². The van der Waals surface area contributed by atoms with Gasteiger partial charge in [0.05, 0.1) is 0 Å². The number of allylic oxidation sites excluding steroid dienone is 1. The molecule has 0 bridgehead atoms. The Bertz CT molecular complexity index is 327. The van der Waals surface area contributed by atoms with Crippen molar-refractivity contribution in [3.8, 4) is 0 Å². The molecule has 0 spiro atoms. The number of benzene rings is 1. The van der Waals surface area contributed by atoms with E-state index in [1.807, 2.05) is 0 Å². The second kappa shape index (κ2) is 4.97. The molecule has 0 aromatic heterocycles. The van der Waals surface area contributed by atoms with Gasteiger partial charge < -0.3 is 0 Å². The van der Waals surface area contributed by atoms with Crippen molar-refractivity contribution in [1.29, 1.82) is 0 Å². The molecule has 0 N–H and O–H groups in total. The molecule has 0 fully saturated rings. The number of alkyl halides is 1. The van der Waals surface area contributed by atoms with Gasteiger partial charge in [0.2, 0.25) is 0 Å². The number of hydrogen-bond donors (Lipinski definition) is 0. The minimum atomic E-state index is 0.924. The molecule has 0 heterocycles. The van der Waals surface area contributed by atoms with E-state index >= 15 is 0 Å². The summed E-state index contributed by atoms with van der Waals surface area (Å²) in [5, 5.41) is 0.924. The Balaban J connectivity index is 3.03. The van der Waals surface area contributed by atoms with Crippen LogP contribution in [0.2, 0.25) is 0 Å². The Morgan fingerprint density at radius 3 is 2.69 bits per heavy atom. The molecule has 13 heavy (non-hydrogen) atoms. The lowest BCUT2D eigenvalue weighted by molar-refractivity contribution is 1.41. The lowest BCUT2D eigenvalue weighted by Gasteiger charge is -2.01. The Kier molecular flexibility index (Phi) is 4.20. The summed E-state index contributed by atoms with van der Waals surface area (Å²) in [6.45, 7) is 4.21. The van der Waals surface area contributed by atoms with Crippen LogP contribution < -0.4 is 0 Å². The maximum Gasteiger partial charge on any atom is 0.0250 e. The summed E-state index contributed by atoms with van der Waals surface area (Å²) in [7, 11) is 0. The molecule has 2 heteroatoms. The molecule has 0 amide bonds. The van der Waals surface area contributed by atoms with Crippen LogP contribution in [0.3, 0.4) is 0 Å². The summed E-state index contributed by atoms with van der Waals surface area (Å²) < 4.78 is 1.16. The van der Waals surface area contributed by atoms with Crippen LogP contribution in [0.4, 0.5) is 0 Å². The monoisotopic (exact) mass is 302 g/mol. The van der Waals surface area contributed by atoms with Crippen molar-refractivity contribution >= 4 is 37.9 Å². The Hall–Kier alpha value is -0.0800. The number of halogens is 2. The van der Waals surface area contributed by atoms with Crippen LogP contribution in [0.25, 0.3) is 6.08 Å². The molecule has 1 aromatic rings. The number of rotatable bonds is 2. The molecule has 0 aliphatic rings. The smallest absolute Gasteiger partial charge is 0.0250 e. The minimum absolute atomic E-state index is 0.924. The van der Waals surface area contributed by atoms with E-state index < -0.39 is 0 Å². The summed E-state index contributed by atoms with van der Waals surface area (Å²) in [5.74, 6) is 0. The SMILES string of the molecule is C/C(=C/c1ccc(C)cc1Br)CBr. The first-order valence-electron chi connectivity index (χ1n) is 4.13. The zero-order valence-electron chi connectivity index (χ0n) is 7.77. The predicted octanol–water partition coefficient (Wildman–Crippen LogP) is 4.56. The summed E-state index contributed by atoms with van der Waals surface area (Å²) in [6.07, 6.45) is 2.18. The zero-order valence-corrected chi connectivity index (χ0v) is 10.9. The molecule has 0 radical (unpaired) electrons. The molecule has 0 nitrogen and oxygen atoms in total. The molecule has 0 saturated carbocycles. The highest BCUT2D eigenvalue weighted by molar-refractivity contribution is 9.10. The largest absolute Gasteiger partial charge is 0.0880 e. The van der Waals surface area contributed by atoms with Crippen LogP contribution in [0.1, 0.15) is 18.1 Å². The highest BCUT2D eigenvalue weighted by Gasteiger charge is 1.96. The van der Waals surface area contributed by atoms with Crippen molar-refractivity contribution < 1.29 is 0 Å². The summed E-state index contributed by atoms with van der Waals surface area (Å²) >= 11 is 6.97. The van der Waals surface area contributed by atoms with Crippen molar-refractivity contribution in [2.75, 3.05) is 5.33 Å². The maximum absolute atomic E-state index is 3.54. The second-order valence-corrected chi connectivity index (χ2v) is 4.56. The average molecular weight is 304 g/mol. The highest BCUT2D eigenvalue weighted by Crippen LogP contribution is 2.21. The van der Waals surface area contributed by atoms with Crippen molar-refractivity contribution in [2.45, 2.75) is 13.8 Å². The molecule has 1 aromatic carbocycles. The molecule has 0 aliphatic heterocycles. The lowest BCUT2D eigenvalue weighted by Crippen LogP contribution is -1.81. The van der Waals surface area contributed by atoms with Gasteiger partial charge in [-0.1, -0.05) is 55.6 Å². The predicted molar refractivity (Wildman–Crippen MR) is 66.3 cm³/mol. The van der Waals surface area contributed by atoms with Crippen molar-refractivity contribution in [3.63, 3.8) is 0 Å². The fraction of sp³-hybridized carbons (Fsp3) is 0.273. The first-order chi connectivity index (χ1) is 6.13. The zero-order chi connectivity index (χ0) is 9.84. The molecule has 0 aliphatic carbocycles. The summed E-state index contributed by atoms with van der Waals surface area (Å²) in [4.78, 5) is 0. The van der Waals surface area contributed by atoms with E-state index in [2.05, 4.69) is 70.0 Å². The van der Waals surface area contributed by atoms with Gasteiger partial charge in [-0.25, -0.2) is 0 Å². The van der Waals surface area contributed by atoms with E-state index in [0.717, 1.165) is 9.80 Å². The van der Waals surface area contributed by atoms with E-state index in [-0.39, 0.29) is 0 Å². The number of aryl methyl sites for hydroxylation is 1. The van der Waals surface area contributed by atoms with E-state index in [1.165, 1.54) is 16.7 Å². The third kappa shape index (κ3) is 3.28. The van der Waals surface area contributed by atoms with Crippen molar-refractivity contribution in [2.24, 2.45) is 0 Å². The van der Waals surface area contributed by atoms with Crippen LogP contribution in [0.5, 0.6) is 0 Å². The van der Waals surface area contributed by atoms with Gasteiger partial charge in [-0.15, -0.1) is 0 Å². The first-order valence-corrected chi connectivity index (χ1v) is 6.04. The normalized spacial score (nSPS) is 11.8. The van der Waals surface area contributed by atoms with E-state index in [9.17, 15) is 0 Å². The Morgan fingerprint density at radius 2 is 2.15 bits per heavy atom. The second-order valence-electron chi connectivity index (χ2n) is 3.15. The van der Waals surface area contributed by atoms with Crippen LogP contribution in [-0.2, 0) is 0 Å². The molecule has 0 unspecified atom stereocenters.